The van der Waals surface area contributed by atoms with Gasteiger partial charge in [-0.25, -0.2) is 0 Å². The molecule has 0 heterocycles. The van der Waals surface area contributed by atoms with Gasteiger partial charge in [0, 0.05) is 11.7 Å². The van der Waals surface area contributed by atoms with E-state index in [1.807, 2.05) is 0 Å². The summed E-state index contributed by atoms with van der Waals surface area (Å²) in [5.74, 6) is 0. The largest absolute Gasteiger partial charge is 0.382 e. The number of hydrogen-bond acceptors (Lipinski definition) is 1. The number of aryl methyl sites for hydroxylation is 1. The summed E-state index contributed by atoms with van der Waals surface area (Å²) in [4.78, 5) is 0. The molecule has 1 saturated carbocycles. The van der Waals surface area contributed by atoms with Crippen LogP contribution in [0, 0.1) is 13.8 Å². The van der Waals surface area contributed by atoms with Crippen LogP contribution >= 0.6 is 0 Å². The molecule has 1 heteroatoms. The summed E-state index contributed by atoms with van der Waals surface area (Å²) in [6.07, 6.45) is 6.89. The lowest BCUT2D eigenvalue weighted by atomic mass is 9.95. The fourth-order valence-corrected chi connectivity index (χ4v) is 2.37. The van der Waals surface area contributed by atoms with Crippen molar-refractivity contribution in [3.63, 3.8) is 0 Å². The number of anilines is 1. The quantitative estimate of drug-likeness (QED) is 0.764. The second-order valence-corrected chi connectivity index (χ2v) is 4.73. The Balaban J connectivity index is 2.06. The third-order valence-electron chi connectivity index (χ3n) is 3.57. The van der Waals surface area contributed by atoms with Crippen LogP contribution in [0.3, 0.4) is 0 Å². The third-order valence-corrected chi connectivity index (χ3v) is 3.57. The highest BCUT2D eigenvalue weighted by Crippen LogP contribution is 2.24. The molecule has 0 bridgehead atoms. The van der Waals surface area contributed by atoms with Crippen molar-refractivity contribution < 1.29 is 0 Å². The summed E-state index contributed by atoms with van der Waals surface area (Å²) in [7, 11) is 0. The van der Waals surface area contributed by atoms with Crippen molar-refractivity contribution in [2.24, 2.45) is 0 Å². The molecule has 0 spiro atoms. The topological polar surface area (TPSA) is 12.0 Å². The molecule has 0 radical (unpaired) electrons. The van der Waals surface area contributed by atoms with E-state index in [4.69, 9.17) is 0 Å². The maximum absolute atomic E-state index is 3.69. The number of nitrogens with one attached hydrogen (secondary N) is 1. The number of benzene rings is 1. The maximum Gasteiger partial charge on any atom is 0.0374 e. The van der Waals surface area contributed by atoms with Gasteiger partial charge in [-0.05, 0) is 43.9 Å². The first-order valence-corrected chi connectivity index (χ1v) is 6.10. The molecule has 82 valence electrons. The van der Waals surface area contributed by atoms with Crippen molar-refractivity contribution in [1.29, 1.82) is 0 Å². The average Bonchev–Trinajstić information content (AvgIpc) is 2.26. The summed E-state index contributed by atoms with van der Waals surface area (Å²) >= 11 is 0. The Kier molecular flexibility index (Phi) is 3.30. The SMILES string of the molecule is Cc1cccc(NC2CCCCC2)c1C. The van der Waals surface area contributed by atoms with E-state index in [9.17, 15) is 0 Å². The van der Waals surface area contributed by atoms with E-state index in [0.717, 1.165) is 0 Å². The van der Waals surface area contributed by atoms with Gasteiger partial charge in [-0.15, -0.1) is 0 Å². The summed E-state index contributed by atoms with van der Waals surface area (Å²) < 4.78 is 0. The second-order valence-electron chi connectivity index (χ2n) is 4.73. The number of hydrogen-bond donors (Lipinski definition) is 1. The summed E-state index contributed by atoms with van der Waals surface area (Å²) in [5, 5.41) is 3.69. The molecule has 0 saturated heterocycles. The lowest BCUT2D eigenvalue weighted by Gasteiger charge is -2.25. The van der Waals surface area contributed by atoms with E-state index < -0.39 is 0 Å². The van der Waals surface area contributed by atoms with Crippen molar-refractivity contribution in [3.8, 4) is 0 Å². The fourth-order valence-electron chi connectivity index (χ4n) is 2.37. The summed E-state index contributed by atoms with van der Waals surface area (Å²) in [5.41, 5.74) is 4.13. The first-order chi connectivity index (χ1) is 7.27. The van der Waals surface area contributed by atoms with E-state index in [0.29, 0.717) is 6.04 Å². The Morgan fingerprint density at radius 1 is 1.07 bits per heavy atom. The minimum absolute atomic E-state index is 0.708. The highest BCUT2D eigenvalue weighted by atomic mass is 14.9. The Labute approximate surface area is 92.9 Å². The molecule has 1 fully saturated rings. The zero-order valence-electron chi connectivity index (χ0n) is 9.84. The smallest absolute Gasteiger partial charge is 0.0374 e. The van der Waals surface area contributed by atoms with Gasteiger partial charge in [0.05, 0.1) is 0 Å². The molecule has 15 heavy (non-hydrogen) atoms. The zero-order chi connectivity index (χ0) is 10.7. The van der Waals surface area contributed by atoms with Crippen molar-refractivity contribution in [2.45, 2.75) is 52.0 Å². The molecule has 1 aromatic rings. The van der Waals surface area contributed by atoms with Crippen LogP contribution < -0.4 is 5.32 Å². The molecule has 1 aromatic carbocycles. The van der Waals surface area contributed by atoms with E-state index in [1.165, 1.54) is 48.9 Å². The van der Waals surface area contributed by atoms with Gasteiger partial charge in [-0.1, -0.05) is 31.4 Å². The predicted molar refractivity (Wildman–Crippen MR) is 66.4 cm³/mol. The van der Waals surface area contributed by atoms with Crippen LogP contribution in [0.4, 0.5) is 5.69 Å². The van der Waals surface area contributed by atoms with E-state index in [1.54, 1.807) is 0 Å². The molecule has 2 rings (SSSR count). The summed E-state index contributed by atoms with van der Waals surface area (Å²) in [6, 6.07) is 7.24. The van der Waals surface area contributed by atoms with Crippen LogP contribution in [0.5, 0.6) is 0 Å². The van der Waals surface area contributed by atoms with Crippen LogP contribution in [0.15, 0.2) is 18.2 Å². The lowest BCUT2D eigenvalue weighted by molar-refractivity contribution is 0.462. The van der Waals surface area contributed by atoms with Gasteiger partial charge in [-0.2, -0.15) is 0 Å². The van der Waals surface area contributed by atoms with Crippen molar-refractivity contribution in [1.82, 2.24) is 0 Å². The first kappa shape index (κ1) is 10.5. The number of rotatable bonds is 2. The van der Waals surface area contributed by atoms with Gasteiger partial charge in [0.2, 0.25) is 0 Å². The van der Waals surface area contributed by atoms with Crippen LogP contribution in [-0.2, 0) is 0 Å². The normalized spacial score (nSPS) is 17.7. The molecular weight excluding hydrogens is 182 g/mol. The van der Waals surface area contributed by atoms with Crippen molar-refractivity contribution >= 4 is 5.69 Å². The first-order valence-electron chi connectivity index (χ1n) is 6.10. The van der Waals surface area contributed by atoms with Crippen LogP contribution in [0.25, 0.3) is 0 Å². The lowest BCUT2D eigenvalue weighted by Crippen LogP contribution is -2.22. The van der Waals surface area contributed by atoms with Gasteiger partial charge in [0.15, 0.2) is 0 Å². The molecule has 0 aliphatic heterocycles. The molecular formula is C14H21N. The van der Waals surface area contributed by atoms with Gasteiger partial charge >= 0.3 is 0 Å². The minimum Gasteiger partial charge on any atom is -0.382 e. The van der Waals surface area contributed by atoms with E-state index >= 15 is 0 Å². The van der Waals surface area contributed by atoms with Crippen LogP contribution in [0.1, 0.15) is 43.2 Å². The van der Waals surface area contributed by atoms with Crippen LogP contribution in [0.2, 0.25) is 0 Å². The van der Waals surface area contributed by atoms with E-state index in [-0.39, 0.29) is 0 Å². The second kappa shape index (κ2) is 4.69. The van der Waals surface area contributed by atoms with Crippen molar-refractivity contribution in [3.05, 3.63) is 29.3 Å². The Bertz CT molecular complexity index is 324. The molecule has 0 amide bonds. The fraction of sp³-hybridized carbons (Fsp3) is 0.571. The zero-order valence-corrected chi connectivity index (χ0v) is 9.84. The Hall–Kier alpha value is -0.980. The molecule has 1 aliphatic carbocycles. The van der Waals surface area contributed by atoms with Gasteiger partial charge < -0.3 is 5.32 Å². The Morgan fingerprint density at radius 2 is 1.80 bits per heavy atom. The monoisotopic (exact) mass is 203 g/mol. The maximum atomic E-state index is 3.69. The van der Waals surface area contributed by atoms with Gasteiger partial charge in [-0.3, -0.25) is 0 Å². The third kappa shape index (κ3) is 2.53. The molecule has 0 aromatic heterocycles. The molecule has 1 N–H and O–H groups in total. The highest BCUT2D eigenvalue weighted by molar-refractivity contribution is 5.54. The summed E-state index contributed by atoms with van der Waals surface area (Å²) in [6.45, 7) is 4.39. The standard InChI is InChI=1S/C14H21N/c1-11-7-6-10-14(12(11)2)15-13-8-4-3-5-9-13/h6-7,10,13,15H,3-5,8-9H2,1-2H3. The molecule has 0 atom stereocenters. The molecule has 1 aliphatic rings. The van der Waals surface area contributed by atoms with E-state index in [2.05, 4.69) is 37.4 Å². The minimum atomic E-state index is 0.708. The van der Waals surface area contributed by atoms with Crippen LogP contribution in [-0.4, -0.2) is 6.04 Å². The van der Waals surface area contributed by atoms with Gasteiger partial charge in [0.1, 0.15) is 0 Å². The van der Waals surface area contributed by atoms with Gasteiger partial charge in [0.25, 0.3) is 0 Å². The highest BCUT2D eigenvalue weighted by Gasteiger charge is 2.13. The predicted octanol–water partition coefficient (Wildman–Crippen LogP) is 4.05. The molecule has 1 nitrogen and oxygen atoms in total. The average molecular weight is 203 g/mol. The Morgan fingerprint density at radius 3 is 2.53 bits per heavy atom. The molecule has 0 unspecified atom stereocenters. The van der Waals surface area contributed by atoms with Crippen molar-refractivity contribution in [2.75, 3.05) is 5.32 Å².